The molecule has 94 valence electrons. The van der Waals surface area contributed by atoms with E-state index in [9.17, 15) is 4.39 Å². The average molecular weight is 263 g/mol. The zero-order valence-electron chi connectivity index (χ0n) is 10.8. The highest BCUT2D eigenvalue weighted by molar-refractivity contribution is 6.22. The van der Waals surface area contributed by atoms with E-state index in [-0.39, 0.29) is 5.82 Å². The highest BCUT2D eigenvalue weighted by Crippen LogP contribution is 2.35. The Balaban J connectivity index is 2.53. The topological polar surface area (TPSA) is 0 Å². The SMILES string of the molecule is Cc1cc(C)c(C(Cl)c2ccccc2F)c(C)c1. The van der Waals surface area contributed by atoms with Crippen LogP contribution in [0.3, 0.4) is 0 Å². The zero-order valence-corrected chi connectivity index (χ0v) is 11.6. The predicted octanol–water partition coefficient (Wildman–Crippen LogP) is 5.08. The second kappa shape index (κ2) is 5.11. The molecule has 18 heavy (non-hydrogen) atoms. The van der Waals surface area contributed by atoms with E-state index in [1.165, 1.54) is 11.6 Å². The first kappa shape index (κ1) is 13.1. The molecule has 0 saturated carbocycles. The van der Waals surface area contributed by atoms with Gasteiger partial charge in [0.15, 0.2) is 0 Å². The first-order valence-corrected chi connectivity index (χ1v) is 6.40. The van der Waals surface area contributed by atoms with Gasteiger partial charge in [-0.05, 0) is 43.5 Å². The zero-order chi connectivity index (χ0) is 13.3. The lowest BCUT2D eigenvalue weighted by Crippen LogP contribution is -2.02. The van der Waals surface area contributed by atoms with Crippen molar-refractivity contribution in [1.29, 1.82) is 0 Å². The van der Waals surface area contributed by atoms with Crippen LogP contribution >= 0.6 is 11.6 Å². The van der Waals surface area contributed by atoms with Crippen molar-refractivity contribution in [3.05, 3.63) is 70.0 Å². The summed E-state index contributed by atoms with van der Waals surface area (Å²) in [7, 11) is 0. The number of alkyl halides is 1. The maximum atomic E-state index is 13.8. The molecular formula is C16H16ClF. The Bertz CT molecular complexity index is 552. The van der Waals surface area contributed by atoms with Crippen molar-refractivity contribution in [2.75, 3.05) is 0 Å². The van der Waals surface area contributed by atoms with E-state index in [1.807, 2.05) is 19.9 Å². The standard InChI is InChI=1S/C16H16ClF/c1-10-8-11(2)15(12(3)9-10)16(17)13-6-4-5-7-14(13)18/h4-9,16H,1-3H3. The Morgan fingerprint density at radius 2 is 1.56 bits per heavy atom. The van der Waals surface area contributed by atoms with Crippen LogP contribution in [-0.4, -0.2) is 0 Å². The van der Waals surface area contributed by atoms with Crippen molar-refractivity contribution in [1.82, 2.24) is 0 Å². The normalized spacial score (nSPS) is 12.5. The van der Waals surface area contributed by atoms with Gasteiger partial charge in [0.05, 0.1) is 5.38 Å². The lowest BCUT2D eigenvalue weighted by Gasteiger charge is -2.17. The monoisotopic (exact) mass is 262 g/mol. The maximum Gasteiger partial charge on any atom is 0.128 e. The van der Waals surface area contributed by atoms with Crippen LogP contribution in [0.15, 0.2) is 36.4 Å². The van der Waals surface area contributed by atoms with Crippen LogP contribution in [0.4, 0.5) is 4.39 Å². The largest absolute Gasteiger partial charge is 0.207 e. The molecule has 0 amide bonds. The molecule has 0 aromatic heterocycles. The Kier molecular flexibility index (Phi) is 3.72. The fourth-order valence-corrected chi connectivity index (χ4v) is 2.95. The molecule has 2 aromatic rings. The van der Waals surface area contributed by atoms with Gasteiger partial charge in [-0.3, -0.25) is 0 Å². The van der Waals surface area contributed by atoms with Crippen LogP contribution in [0.25, 0.3) is 0 Å². The lowest BCUT2D eigenvalue weighted by molar-refractivity contribution is 0.612. The second-order valence-electron chi connectivity index (χ2n) is 4.70. The van der Waals surface area contributed by atoms with E-state index in [0.717, 1.165) is 16.7 Å². The first-order chi connectivity index (χ1) is 8.50. The van der Waals surface area contributed by atoms with E-state index in [0.29, 0.717) is 5.56 Å². The summed E-state index contributed by atoms with van der Waals surface area (Å²) in [5, 5.41) is -0.438. The third-order valence-corrected chi connectivity index (χ3v) is 3.62. The van der Waals surface area contributed by atoms with Gasteiger partial charge in [0, 0.05) is 5.56 Å². The van der Waals surface area contributed by atoms with Gasteiger partial charge < -0.3 is 0 Å². The van der Waals surface area contributed by atoms with Gasteiger partial charge >= 0.3 is 0 Å². The predicted molar refractivity (Wildman–Crippen MR) is 74.7 cm³/mol. The van der Waals surface area contributed by atoms with Gasteiger partial charge in [-0.25, -0.2) is 4.39 Å². The van der Waals surface area contributed by atoms with E-state index < -0.39 is 5.38 Å². The first-order valence-electron chi connectivity index (χ1n) is 5.97. The minimum atomic E-state index is -0.438. The third kappa shape index (κ3) is 2.41. The Labute approximate surface area is 112 Å². The molecule has 0 bridgehead atoms. The molecule has 0 aliphatic rings. The molecule has 1 unspecified atom stereocenters. The summed E-state index contributed by atoms with van der Waals surface area (Å²) in [6.07, 6.45) is 0. The molecule has 0 saturated heterocycles. The van der Waals surface area contributed by atoms with Crippen LogP contribution in [0.2, 0.25) is 0 Å². The third-order valence-electron chi connectivity index (χ3n) is 3.17. The summed E-state index contributed by atoms with van der Waals surface area (Å²) in [5.74, 6) is -0.253. The Morgan fingerprint density at radius 1 is 1.00 bits per heavy atom. The van der Waals surface area contributed by atoms with Gasteiger partial charge in [0.2, 0.25) is 0 Å². The summed E-state index contributed by atoms with van der Waals surface area (Å²) in [5.41, 5.74) is 4.96. The molecule has 0 radical (unpaired) electrons. The van der Waals surface area contributed by atoms with E-state index in [4.69, 9.17) is 11.6 Å². The number of hydrogen-bond acceptors (Lipinski definition) is 0. The van der Waals surface area contributed by atoms with Gasteiger partial charge in [0.1, 0.15) is 5.82 Å². The smallest absolute Gasteiger partial charge is 0.128 e. The Morgan fingerprint density at radius 3 is 2.11 bits per heavy atom. The number of benzene rings is 2. The summed E-state index contributed by atoms with van der Waals surface area (Å²) in [4.78, 5) is 0. The van der Waals surface area contributed by atoms with Crippen molar-refractivity contribution in [3.63, 3.8) is 0 Å². The molecule has 0 nitrogen and oxygen atoms in total. The molecule has 2 aromatic carbocycles. The van der Waals surface area contributed by atoms with Gasteiger partial charge in [-0.1, -0.05) is 35.9 Å². The van der Waals surface area contributed by atoms with Crippen LogP contribution < -0.4 is 0 Å². The molecule has 0 heterocycles. The molecular weight excluding hydrogens is 247 g/mol. The number of rotatable bonds is 2. The molecule has 0 aliphatic heterocycles. The number of aryl methyl sites for hydroxylation is 3. The molecule has 0 aliphatic carbocycles. The summed E-state index contributed by atoms with van der Waals surface area (Å²) >= 11 is 6.46. The van der Waals surface area contributed by atoms with Gasteiger partial charge in [0.25, 0.3) is 0 Å². The summed E-state index contributed by atoms with van der Waals surface area (Å²) in [6, 6.07) is 10.8. The highest BCUT2D eigenvalue weighted by atomic mass is 35.5. The van der Waals surface area contributed by atoms with Crippen molar-refractivity contribution >= 4 is 11.6 Å². The van der Waals surface area contributed by atoms with E-state index in [2.05, 4.69) is 19.1 Å². The summed E-state index contributed by atoms with van der Waals surface area (Å²) < 4.78 is 13.8. The fourth-order valence-electron chi connectivity index (χ4n) is 2.43. The van der Waals surface area contributed by atoms with Crippen molar-refractivity contribution in [2.45, 2.75) is 26.1 Å². The molecule has 1 atom stereocenters. The van der Waals surface area contributed by atoms with Crippen molar-refractivity contribution in [2.24, 2.45) is 0 Å². The molecule has 0 fully saturated rings. The number of halogens is 2. The molecule has 0 N–H and O–H groups in total. The van der Waals surface area contributed by atoms with E-state index >= 15 is 0 Å². The Hall–Kier alpha value is -1.34. The van der Waals surface area contributed by atoms with Crippen LogP contribution in [0.5, 0.6) is 0 Å². The molecule has 0 spiro atoms. The van der Waals surface area contributed by atoms with Crippen LogP contribution in [0, 0.1) is 26.6 Å². The minimum absolute atomic E-state index is 0.253. The van der Waals surface area contributed by atoms with Crippen LogP contribution in [-0.2, 0) is 0 Å². The number of hydrogen-bond donors (Lipinski definition) is 0. The highest BCUT2D eigenvalue weighted by Gasteiger charge is 2.18. The van der Waals surface area contributed by atoms with E-state index in [1.54, 1.807) is 12.1 Å². The molecule has 2 heteroatoms. The molecule has 2 rings (SSSR count). The lowest BCUT2D eigenvalue weighted by atomic mass is 9.93. The fraction of sp³-hybridized carbons (Fsp3) is 0.250. The maximum absolute atomic E-state index is 13.8. The quantitative estimate of drug-likeness (QED) is 0.662. The van der Waals surface area contributed by atoms with Gasteiger partial charge in [-0.2, -0.15) is 0 Å². The average Bonchev–Trinajstić information content (AvgIpc) is 2.27. The second-order valence-corrected chi connectivity index (χ2v) is 5.13. The minimum Gasteiger partial charge on any atom is -0.207 e. The van der Waals surface area contributed by atoms with Crippen molar-refractivity contribution < 1.29 is 4.39 Å². The van der Waals surface area contributed by atoms with Crippen LogP contribution in [0.1, 0.15) is 33.2 Å². The summed E-state index contributed by atoms with van der Waals surface area (Å²) in [6.45, 7) is 6.09. The van der Waals surface area contributed by atoms with Crippen molar-refractivity contribution in [3.8, 4) is 0 Å². The van der Waals surface area contributed by atoms with Gasteiger partial charge in [-0.15, -0.1) is 11.6 Å².